The molecule has 1 atom stereocenters. The zero-order valence-electron chi connectivity index (χ0n) is 7.65. The van der Waals surface area contributed by atoms with Gasteiger partial charge >= 0.3 is 0 Å². The van der Waals surface area contributed by atoms with Crippen molar-refractivity contribution in [3.8, 4) is 0 Å². The summed E-state index contributed by atoms with van der Waals surface area (Å²) in [6.07, 6.45) is -0.610. The Hall–Kier alpha value is -1.69. The summed E-state index contributed by atoms with van der Waals surface area (Å²) in [5, 5.41) is 17.0. The smallest absolute Gasteiger partial charge is 0.271 e. The van der Waals surface area contributed by atoms with E-state index in [1.54, 1.807) is 6.92 Å². The molecule has 0 fully saturated rings. The van der Waals surface area contributed by atoms with Crippen LogP contribution in [0.1, 0.15) is 17.4 Å². The fourth-order valence-corrected chi connectivity index (χ4v) is 0.802. The lowest BCUT2D eigenvalue weighted by Gasteiger charge is -2.05. The number of rotatable bonds is 3. The van der Waals surface area contributed by atoms with Gasteiger partial charge in [-0.3, -0.25) is 9.59 Å². The largest absolute Gasteiger partial charge is 0.392 e. The summed E-state index contributed by atoms with van der Waals surface area (Å²) in [6.45, 7) is 1.71. The van der Waals surface area contributed by atoms with E-state index in [2.05, 4.69) is 15.5 Å². The Morgan fingerprint density at radius 3 is 2.93 bits per heavy atom. The van der Waals surface area contributed by atoms with Gasteiger partial charge < -0.3 is 10.4 Å². The normalized spacial score (nSPS) is 12.1. The van der Waals surface area contributed by atoms with Gasteiger partial charge in [-0.25, -0.2) is 5.10 Å². The van der Waals surface area contributed by atoms with E-state index in [0.717, 1.165) is 0 Å². The SMILES string of the molecule is C[C@@H](O)CNC(=O)c1ccc(=O)[nH]n1. The average molecular weight is 197 g/mol. The third-order valence-electron chi connectivity index (χ3n) is 1.47. The number of carbonyl (C=O) groups excluding carboxylic acids is 1. The molecule has 76 valence electrons. The number of aromatic nitrogens is 2. The van der Waals surface area contributed by atoms with Crippen molar-refractivity contribution in [3.05, 3.63) is 28.2 Å². The molecule has 0 saturated carbocycles. The van der Waals surface area contributed by atoms with Crippen molar-refractivity contribution in [2.45, 2.75) is 13.0 Å². The molecule has 1 heterocycles. The van der Waals surface area contributed by atoms with Crippen LogP contribution in [0.2, 0.25) is 0 Å². The highest BCUT2D eigenvalue weighted by molar-refractivity contribution is 5.91. The molecule has 14 heavy (non-hydrogen) atoms. The van der Waals surface area contributed by atoms with Crippen LogP contribution in [0.5, 0.6) is 0 Å². The number of nitrogens with one attached hydrogen (secondary N) is 2. The van der Waals surface area contributed by atoms with Gasteiger partial charge in [0, 0.05) is 12.6 Å². The molecule has 0 aliphatic carbocycles. The van der Waals surface area contributed by atoms with Crippen LogP contribution in [0, 0.1) is 0 Å². The van der Waals surface area contributed by atoms with Gasteiger partial charge in [0.05, 0.1) is 6.10 Å². The highest BCUT2D eigenvalue weighted by Gasteiger charge is 2.07. The lowest BCUT2D eigenvalue weighted by Crippen LogP contribution is -2.31. The van der Waals surface area contributed by atoms with Gasteiger partial charge in [-0.1, -0.05) is 0 Å². The van der Waals surface area contributed by atoms with Gasteiger partial charge in [-0.05, 0) is 13.0 Å². The van der Waals surface area contributed by atoms with Crippen LogP contribution in [0.4, 0.5) is 0 Å². The molecule has 0 spiro atoms. The molecule has 0 saturated heterocycles. The molecule has 0 bridgehead atoms. The molecular weight excluding hydrogens is 186 g/mol. The van der Waals surface area contributed by atoms with E-state index in [4.69, 9.17) is 5.11 Å². The maximum absolute atomic E-state index is 11.3. The number of amides is 1. The molecular formula is C8H11N3O3. The minimum atomic E-state index is -0.610. The van der Waals surface area contributed by atoms with Crippen molar-refractivity contribution >= 4 is 5.91 Å². The molecule has 0 aliphatic rings. The van der Waals surface area contributed by atoms with Gasteiger partial charge in [0.2, 0.25) is 0 Å². The van der Waals surface area contributed by atoms with E-state index < -0.39 is 12.0 Å². The Morgan fingerprint density at radius 2 is 2.43 bits per heavy atom. The van der Waals surface area contributed by atoms with Gasteiger partial charge in [-0.15, -0.1) is 0 Å². The maximum Gasteiger partial charge on any atom is 0.271 e. The highest BCUT2D eigenvalue weighted by Crippen LogP contribution is 1.88. The van der Waals surface area contributed by atoms with Gasteiger partial charge in [0.15, 0.2) is 0 Å². The zero-order valence-corrected chi connectivity index (χ0v) is 7.65. The van der Waals surface area contributed by atoms with Crippen molar-refractivity contribution < 1.29 is 9.90 Å². The van der Waals surface area contributed by atoms with E-state index >= 15 is 0 Å². The van der Waals surface area contributed by atoms with Crippen LogP contribution in [-0.2, 0) is 0 Å². The number of hydrogen-bond donors (Lipinski definition) is 3. The maximum atomic E-state index is 11.3. The average Bonchev–Trinajstić information content (AvgIpc) is 2.15. The molecule has 0 aliphatic heterocycles. The second kappa shape index (κ2) is 4.52. The van der Waals surface area contributed by atoms with Crippen LogP contribution in [0.15, 0.2) is 16.9 Å². The predicted octanol–water partition coefficient (Wildman–Crippen LogP) is -1.12. The van der Waals surface area contributed by atoms with Crippen molar-refractivity contribution in [3.63, 3.8) is 0 Å². The van der Waals surface area contributed by atoms with Crippen LogP contribution >= 0.6 is 0 Å². The van der Waals surface area contributed by atoms with Crippen LogP contribution in [0.25, 0.3) is 0 Å². The number of carbonyl (C=O) groups is 1. The molecule has 1 rings (SSSR count). The second-order valence-corrected chi connectivity index (χ2v) is 2.87. The van der Waals surface area contributed by atoms with Crippen molar-refractivity contribution in [2.24, 2.45) is 0 Å². The van der Waals surface area contributed by atoms with E-state index in [-0.39, 0.29) is 17.8 Å². The summed E-state index contributed by atoms with van der Waals surface area (Å²) >= 11 is 0. The predicted molar refractivity (Wildman–Crippen MR) is 48.9 cm³/mol. The lowest BCUT2D eigenvalue weighted by atomic mass is 10.3. The van der Waals surface area contributed by atoms with Gasteiger partial charge in [0.1, 0.15) is 5.69 Å². The van der Waals surface area contributed by atoms with E-state index in [0.29, 0.717) is 0 Å². The van der Waals surface area contributed by atoms with Crippen molar-refractivity contribution in [1.82, 2.24) is 15.5 Å². The lowest BCUT2D eigenvalue weighted by molar-refractivity contribution is 0.0918. The molecule has 6 nitrogen and oxygen atoms in total. The number of aromatic amines is 1. The number of nitrogens with zero attached hydrogens (tertiary/aromatic N) is 1. The topological polar surface area (TPSA) is 95.1 Å². The summed E-state index contributed by atoms with van der Waals surface area (Å²) in [6, 6.07) is 2.53. The number of aliphatic hydroxyl groups excluding tert-OH is 1. The third kappa shape index (κ3) is 2.98. The number of aliphatic hydroxyl groups is 1. The standard InChI is InChI=1S/C8H11N3O3/c1-5(12)4-9-8(14)6-2-3-7(13)11-10-6/h2-3,5,12H,4H2,1H3,(H,9,14)(H,11,13)/t5-/m1/s1. The van der Waals surface area contributed by atoms with Crippen LogP contribution < -0.4 is 10.9 Å². The molecule has 1 amide bonds. The molecule has 0 aromatic carbocycles. The first-order valence-corrected chi connectivity index (χ1v) is 4.11. The highest BCUT2D eigenvalue weighted by atomic mass is 16.3. The fourth-order valence-electron chi connectivity index (χ4n) is 0.802. The number of hydrogen-bond acceptors (Lipinski definition) is 4. The Labute approximate surface area is 80.0 Å². The van der Waals surface area contributed by atoms with Gasteiger partial charge in [-0.2, -0.15) is 5.10 Å². The van der Waals surface area contributed by atoms with E-state index in [1.807, 2.05) is 0 Å². The summed E-state index contributed by atoms with van der Waals surface area (Å²) in [5.41, 5.74) is -0.248. The van der Waals surface area contributed by atoms with E-state index in [9.17, 15) is 9.59 Å². The monoisotopic (exact) mass is 197 g/mol. The van der Waals surface area contributed by atoms with E-state index in [1.165, 1.54) is 12.1 Å². The van der Waals surface area contributed by atoms with Crippen LogP contribution in [-0.4, -0.2) is 33.9 Å². The minimum Gasteiger partial charge on any atom is -0.392 e. The molecule has 6 heteroatoms. The Kier molecular flexibility index (Phi) is 3.35. The zero-order chi connectivity index (χ0) is 10.6. The van der Waals surface area contributed by atoms with Crippen molar-refractivity contribution in [2.75, 3.05) is 6.54 Å². The molecule has 1 aromatic rings. The minimum absolute atomic E-state index is 0.116. The molecule has 3 N–H and O–H groups in total. The Bertz CT molecular complexity index is 352. The molecule has 0 radical (unpaired) electrons. The fraction of sp³-hybridized carbons (Fsp3) is 0.375. The van der Waals surface area contributed by atoms with Gasteiger partial charge in [0.25, 0.3) is 11.5 Å². The first kappa shape index (κ1) is 10.4. The molecule has 0 unspecified atom stereocenters. The Morgan fingerprint density at radius 1 is 1.71 bits per heavy atom. The summed E-state index contributed by atoms with van der Waals surface area (Å²) in [4.78, 5) is 21.9. The first-order valence-electron chi connectivity index (χ1n) is 4.11. The summed E-state index contributed by atoms with van der Waals surface area (Å²) in [7, 11) is 0. The first-order chi connectivity index (χ1) is 6.59. The number of H-pyrrole nitrogens is 1. The second-order valence-electron chi connectivity index (χ2n) is 2.87. The Balaban J connectivity index is 2.61. The molecule has 1 aromatic heterocycles. The van der Waals surface area contributed by atoms with Crippen molar-refractivity contribution in [1.29, 1.82) is 0 Å². The third-order valence-corrected chi connectivity index (χ3v) is 1.47. The summed E-state index contributed by atoms with van der Waals surface area (Å²) < 4.78 is 0. The quantitative estimate of drug-likeness (QED) is 0.572. The summed E-state index contributed by atoms with van der Waals surface area (Å²) in [5.74, 6) is -0.429. The van der Waals surface area contributed by atoms with Crippen LogP contribution in [0.3, 0.4) is 0 Å².